The Morgan fingerprint density at radius 1 is 1.31 bits per heavy atom. The predicted molar refractivity (Wildman–Crippen MR) is 103 cm³/mol. The van der Waals surface area contributed by atoms with Gasteiger partial charge in [0.05, 0.1) is 5.56 Å². The lowest BCUT2D eigenvalue weighted by Gasteiger charge is -2.24. The number of H-pyrrole nitrogens is 1. The van der Waals surface area contributed by atoms with Crippen LogP contribution in [-0.2, 0) is 11.2 Å². The Morgan fingerprint density at radius 3 is 2.62 bits per heavy atom. The number of aromatic amines is 1. The zero-order chi connectivity index (χ0) is 19.5. The van der Waals surface area contributed by atoms with Crippen molar-refractivity contribution in [2.45, 2.75) is 59.5 Å². The maximum absolute atomic E-state index is 13.1. The van der Waals surface area contributed by atoms with Crippen LogP contribution in [0.15, 0.2) is 0 Å². The van der Waals surface area contributed by atoms with Crippen molar-refractivity contribution in [2.75, 3.05) is 33.2 Å². The van der Waals surface area contributed by atoms with E-state index in [1.807, 2.05) is 32.6 Å². The highest BCUT2D eigenvalue weighted by molar-refractivity contribution is 6.01. The minimum Gasteiger partial charge on any atom is -0.455 e. The van der Waals surface area contributed by atoms with E-state index in [0.717, 1.165) is 44.6 Å². The summed E-state index contributed by atoms with van der Waals surface area (Å²) in [5, 5.41) is 0. The molecule has 2 heterocycles. The van der Waals surface area contributed by atoms with Crippen LogP contribution in [0.25, 0.3) is 0 Å². The monoisotopic (exact) mass is 363 g/mol. The van der Waals surface area contributed by atoms with Gasteiger partial charge in [-0.15, -0.1) is 0 Å². The summed E-state index contributed by atoms with van der Waals surface area (Å²) in [4.78, 5) is 32.9. The third-order valence-electron chi connectivity index (χ3n) is 4.64. The molecule has 0 fully saturated rings. The summed E-state index contributed by atoms with van der Waals surface area (Å²) in [6, 6.07) is 0. The zero-order valence-electron chi connectivity index (χ0n) is 17.1. The highest BCUT2D eigenvalue weighted by atomic mass is 16.6. The molecule has 0 spiro atoms. The van der Waals surface area contributed by atoms with Gasteiger partial charge in [-0.25, -0.2) is 4.79 Å². The van der Waals surface area contributed by atoms with Gasteiger partial charge in [0.1, 0.15) is 11.3 Å². The summed E-state index contributed by atoms with van der Waals surface area (Å²) in [5.74, 6) is -0.379. The van der Waals surface area contributed by atoms with E-state index in [9.17, 15) is 9.59 Å². The maximum Gasteiger partial charge on any atom is 0.355 e. The van der Waals surface area contributed by atoms with Crippen LogP contribution in [0.4, 0.5) is 0 Å². The fourth-order valence-corrected chi connectivity index (χ4v) is 3.37. The molecular weight excluding hydrogens is 330 g/mol. The highest BCUT2D eigenvalue weighted by Crippen LogP contribution is 2.26. The molecule has 1 aliphatic rings. The van der Waals surface area contributed by atoms with E-state index in [0.29, 0.717) is 23.4 Å². The number of amides is 1. The van der Waals surface area contributed by atoms with Crippen molar-refractivity contribution in [3.8, 4) is 0 Å². The van der Waals surface area contributed by atoms with Gasteiger partial charge in [-0.1, -0.05) is 6.92 Å². The first-order chi connectivity index (χ1) is 12.1. The number of likely N-dealkylation sites (N-methyl/N-ethyl adjacent to an activating group) is 1. The van der Waals surface area contributed by atoms with Gasteiger partial charge in [0.25, 0.3) is 5.91 Å². The number of carbonyl (C=O) groups is 2. The van der Waals surface area contributed by atoms with Crippen LogP contribution in [0.3, 0.4) is 0 Å². The van der Waals surface area contributed by atoms with E-state index in [1.165, 1.54) is 0 Å². The molecule has 0 saturated carbocycles. The van der Waals surface area contributed by atoms with E-state index in [2.05, 4.69) is 23.9 Å². The van der Waals surface area contributed by atoms with Crippen LogP contribution >= 0.6 is 0 Å². The Kier molecular flexibility index (Phi) is 6.50. The van der Waals surface area contributed by atoms with Crippen LogP contribution in [0.1, 0.15) is 72.6 Å². The molecule has 6 nitrogen and oxygen atoms in total. The van der Waals surface area contributed by atoms with Crippen molar-refractivity contribution < 1.29 is 14.3 Å². The molecule has 0 radical (unpaired) electrons. The first-order valence-electron chi connectivity index (χ1n) is 9.56. The number of rotatable bonds is 6. The fourth-order valence-electron chi connectivity index (χ4n) is 3.37. The summed E-state index contributed by atoms with van der Waals surface area (Å²) < 4.78 is 5.48. The quantitative estimate of drug-likeness (QED) is 0.789. The Hall–Kier alpha value is -1.82. The number of aryl methyl sites for hydroxylation is 1. The molecule has 1 aliphatic heterocycles. The zero-order valence-corrected chi connectivity index (χ0v) is 17.1. The predicted octanol–water partition coefficient (Wildman–Crippen LogP) is 3.01. The topological polar surface area (TPSA) is 65.6 Å². The van der Waals surface area contributed by atoms with E-state index < -0.39 is 11.6 Å². The first kappa shape index (κ1) is 20.5. The Balaban J connectivity index is 2.20. The molecule has 1 aromatic heterocycles. The molecule has 0 aromatic carbocycles. The Morgan fingerprint density at radius 2 is 2.00 bits per heavy atom. The molecule has 6 heteroatoms. The minimum atomic E-state index is -0.564. The molecule has 0 atom stereocenters. The SMILES string of the molecule is CCCN(C)CCN1CCCc2[nH]c(C(=O)OC(C)(C)C)c(C)c2C1=O. The van der Waals surface area contributed by atoms with Crippen molar-refractivity contribution >= 4 is 11.9 Å². The van der Waals surface area contributed by atoms with Gasteiger partial charge >= 0.3 is 5.97 Å². The standard InChI is InChI=1S/C20H33N3O3/c1-7-10-22(6)12-13-23-11-8-9-15-16(18(23)24)14(2)17(21-15)19(25)26-20(3,4)5/h21H,7-13H2,1-6H3. The number of nitrogens with zero attached hydrogens (tertiary/aromatic N) is 2. The molecule has 0 saturated heterocycles. The summed E-state index contributed by atoms with van der Waals surface area (Å²) in [6.07, 6.45) is 2.76. The Labute approximate surface area is 156 Å². The van der Waals surface area contributed by atoms with E-state index in [-0.39, 0.29) is 5.91 Å². The molecule has 1 aromatic rings. The van der Waals surface area contributed by atoms with Crippen molar-refractivity contribution in [3.63, 3.8) is 0 Å². The van der Waals surface area contributed by atoms with Crippen molar-refractivity contribution in [3.05, 3.63) is 22.5 Å². The Bertz CT molecular complexity index is 658. The highest BCUT2D eigenvalue weighted by Gasteiger charge is 2.31. The maximum atomic E-state index is 13.1. The lowest BCUT2D eigenvalue weighted by atomic mass is 10.1. The summed E-state index contributed by atoms with van der Waals surface area (Å²) in [6.45, 7) is 12.9. The molecule has 2 rings (SSSR count). The van der Waals surface area contributed by atoms with Crippen LogP contribution < -0.4 is 0 Å². The second-order valence-corrected chi connectivity index (χ2v) is 8.18. The number of aromatic nitrogens is 1. The molecule has 0 unspecified atom stereocenters. The number of ether oxygens (including phenoxy) is 1. The largest absolute Gasteiger partial charge is 0.455 e. The van der Waals surface area contributed by atoms with Crippen LogP contribution in [0.2, 0.25) is 0 Å². The average Bonchev–Trinajstić information content (AvgIpc) is 2.76. The second-order valence-electron chi connectivity index (χ2n) is 8.18. The summed E-state index contributed by atoms with van der Waals surface area (Å²) >= 11 is 0. The van der Waals surface area contributed by atoms with Gasteiger partial charge in [-0.05, 0) is 66.1 Å². The van der Waals surface area contributed by atoms with Crippen molar-refractivity contribution in [2.24, 2.45) is 0 Å². The van der Waals surface area contributed by atoms with Gasteiger partial charge in [-0.3, -0.25) is 4.79 Å². The summed E-state index contributed by atoms with van der Waals surface area (Å²) in [5.41, 5.74) is 2.06. The third kappa shape index (κ3) is 4.87. The number of esters is 1. The number of carbonyl (C=O) groups excluding carboxylic acids is 2. The molecule has 0 bridgehead atoms. The lowest BCUT2D eigenvalue weighted by Crippen LogP contribution is -2.38. The first-order valence-corrected chi connectivity index (χ1v) is 9.56. The normalized spacial score (nSPS) is 15.2. The minimum absolute atomic E-state index is 0.0194. The van der Waals surface area contributed by atoms with Crippen LogP contribution in [0, 0.1) is 6.92 Å². The van der Waals surface area contributed by atoms with Gasteiger partial charge in [0.15, 0.2) is 0 Å². The van der Waals surface area contributed by atoms with Crippen molar-refractivity contribution in [1.29, 1.82) is 0 Å². The van der Waals surface area contributed by atoms with E-state index in [1.54, 1.807) is 0 Å². The van der Waals surface area contributed by atoms with E-state index >= 15 is 0 Å². The van der Waals surface area contributed by atoms with Crippen molar-refractivity contribution in [1.82, 2.24) is 14.8 Å². The molecule has 1 amide bonds. The lowest BCUT2D eigenvalue weighted by molar-refractivity contribution is 0.00626. The smallest absolute Gasteiger partial charge is 0.355 e. The van der Waals surface area contributed by atoms with Crippen LogP contribution in [-0.4, -0.2) is 65.5 Å². The van der Waals surface area contributed by atoms with Crippen LogP contribution in [0.5, 0.6) is 0 Å². The number of hydrogen-bond donors (Lipinski definition) is 1. The van der Waals surface area contributed by atoms with Gasteiger partial charge < -0.3 is 19.5 Å². The van der Waals surface area contributed by atoms with Gasteiger partial charge in [-0.2, -0.15) is 0 Å². The average molecular weight is 364 g/mol. The molecule has 26 heavy (non-hydrogen) atoms. The number of nitrogens with one attached hydrogen (secondary N) is 1. The molecule has 0 aliphatic carbocycles. The number of hydrogen-bond acceptors (Lipinski definition) is 4. The van der Waals surface area contributed by atoms with Gasteiger partial charge in [0.2, 0.25) is 0 Å². The number of fused-ring (bicyclic) bond motifs is 1. The molecular formula is C20H33N3O3. The molecule has 1 N–H and O–H groups in total. The second kappa shape index (κ2) is 8.25. The van der Waals surface area contributed by atoms with Gasteiger partial charge in [0, 0.05) is 25.3 Å². The molecule has 146 valence electrons. The summed E-state index contributed by atoms with van der Waals surface area (Å²) in [7, 11) is 2.08. The fraction of sp³-hybridized carbons (Fsp3) is 0.700. The third-order valence-corrected chi connectivity index (χ3v) is 4.64. The van der Waals surface area contributed by atoms with E-state index in [4.69, 9.17) is 4.74 Å².